The highest BCUT2D eigenvalue weighted by molar-refractivity contribution is 6.11. The Morgan fingerprint density at radius 1 is 1.00 bits per heavy atom. The maximum absolute atomic E-state index is 13.5. The Bertz CT molecular complexity index is 912. The highest BCUT2D eigenvalue weighted by atomic mass is 19.4. The first kappa shape index (κ1) is 21.8. The van der Waals surface area contributed by atoms with Gasteiger partial charge < -0.3 is 15.4 Å². The number of hydrogen-bond donors (Lipinski definition) is 1. The van der Waals surface area contributed by atoms with Crippen LogP contribution < -0.4 is 10.6 Å². The first-order valence-corrected chi connectivity index (χ1v) is 9.46. The molecule has 160 valence electrons. The lowest BCUT2D eigenvalue weighted by atomic mass is 10.0. The number of para-hydroxylation sites is 1. The summed E-state index contributed by atoms with van der Waals surface area (Å²) in [4.78, 5) is 28.4. The van der Waals surface area contributed by atoms with Gasteiger partial charge in [-0.2, -0.15) is 13.2 Å². The Balaban J connectivity index is 1.99. The molecule has 6 nitrogen and oxygen atoms in total. The van der Waals surface area contributed by atoms with Crippen LogP contribution in [0.4, 0.5) is 18.9 Å². The zero-order valence-electron chi connectivity index (χ0n) is 16.2. The number of amides is 2. The van der Waals surface area contributed by atoms with Crippen LogP contribution in [0.3, 0.4) is 0 Å². The largest absolute Gasteiger partial charge is 0.417 e. The molecule has 0 aliphatic carbocycles. The van der Waals surface area contributed by atoms with Crippen molar-refractivity contribution in [2.24, 2.45) is 5.73 Å². The van der Waals surface area contributed by atoms with Crippen LogP contribution in [0.5, 0.6) is 0 Å². The van der Waals surface area contributed by atoms with Gasteiger partial charge in [-0.25, -0.2) is 0 Å². The number of primary amides is 1. The van der Waals surface area contributed by atoms with Gasteiger partial charge in [0, 0.05) is 26.2 Å². The highest BCUT2D eigenvalue weighted by Gasteiger charge is 2.36. The molecular formula is C21H22F3N3O3. The predicted octanol–water partition coefficient (Wildman–Crippen LogP) is 2.78. The maximum Gasteiger partial charge on any atom is 0.417 e. The highest BCUT2D eigenvalue weighted by Crippen LogP contribution is 2.33. The van der Waals surface area contributed by atoms with Gasteiger partial charge in [-0.05, 0) is 24.3 Å². The van der Waals surface area contributed by atoms with Crippen molar-refractivity contribution in [2.45, 2.75) is 6.18 Å². The zero-order valence-corrected chi connectivity index (χ0v) is 16.2. The third-order valence-corrected chi connectivity index (χ3v) is 4.91. The number of nitrogens with zero attached hydrogens (tertiary/aromatic N) is 2. The molecule has 1 heterocycles. The third kappa shape index (κ3) is 4.98. The molecule has 3 rings (SSSR count). The number of anilines is 1. The minimum Gasteiger partial charge on any atom is -0.379 e. The fourth-order valence-electron chi connectivity index (χ4n) is 3.38. The Kier molecular flexibility index (Phi) is 6.73. The van der Waals surface area contributed by atoms with Gasteiger partial charge >= 0.3 is 6.18 Å². The number of halogens is 3. The number of nitrogens with two attached hydrogens (primary N) is 1. The molecule has 1 fully saturated rings. The van der Waals surface area contributed by atoms with E-state index in [2.05, 4.69) is 0 Å². The van der Waals surface area contributed by atoms with Crippen LogP contribution >= 0.6 is 0 Å². The lowest BCUT2D eigenvalue weighted by Gasteiger charge is -2.31. The van der Waals surface area contributed by atoms with E-state index in [0.717, 1.165) is 12.1 Å². The molecule has 0 saturated carbocycles. The van der Waals surface area contributed by atoms with Crippen LogP contribution in [0.2, 0.25) is 0 Å². The van der Waals surface area contributed by atoms with E-state index in [1.807, 2.05) is 4.90 Å². The molecule has 0 atom stereocenters. The van der Waals surface area contributed by atoms with Crippen LogP contribution in [-0.2, 0) is 10.9 Å². The standard InChI is InChI=1S/C21H22F3N3O3/c22-21(23,24)17-7-3-1-5-15(17)20(29)27(10-9-26-11-13-30-14-12-26)18-8-4-2-6-16(18)19(25)28/h1-8H,9-14H2,(H2,25,28). The van der Waals surface area contributed by atoms with Crippen LogP contribution in [0.1, 0.15) is 26.3 Å². The number of carbonyl (C=O) groups excluding carboxylic acids is 2. The van der Waals surface area contributed by atoms with Gasteiger partial charge in [-0.1, -0.05) is 24.3 Å². The topological polar surface area (TPSA) is 75.9 Å². The summed E-state index contributed by atoms with van der Waals surface area (Å²) in [6.45, 7) is 2.90. The summed E-state index contributed by atoms with van der Waals surface area (Å²) >= 11 is 0. The number of carbonyl (C=O) groups is 2. The Morgan fingerprint density at radius 3 is 2.23 bits per heavy atom. The molecule has 0 spiro atoms. The SMILES string of the molecule is NC(=O)c1ccccc1N(CCN1CCOCC1)C(=O)c1ccccc1C(F)(F)F. The summed E-state index contributed by atoms with van der Waals surface area (Å²) < 4.78 is 45.8. The van der Waals surface area contributed by atoms with Gasteiger partial charge in [0.05, 0.1) is 35.6 Å². The molecule has 2 N–H and O–H groups in total. The van der Waals surface area contributed by atoms with Crippen molar-refractivity contribution in [3.05, 3.63) is 65.2 Å². The van der Waals surface area contributed by atoms with Crippen molar-refractivity contribution in [1.29, 1.82) is 0 Å². The number of rotatable bonds is 6. The van der Waals surface area contributed by atoms with Gasteiger partial charge in [0.1, 0.15) is 0 Å². The molecule has 0 unspecified atom stereocenters. The van der Waals surface area contributed by atoms with Crippen molar-refractivity contribution in [3.8, 4) is 0 Å². The molecule has 1 aliphatic rings. The van der Waals surface area contributed by atoms with E-state index >= 15 is 0 Å². The van der Waals surface area contributed by atoms with Crippen molar-refractivity contribution >= 4 is 17.5 Å². The average Bonchev–Trinajstić information content (AvgIpc) is 2.74. The fourth-order valence-corrected chi connectivity index (χ4v) is 3.38. The second-order valence-corrected chi connectivity index (χ2v) is 6.84. The van der Waals surface area contributed by atoms with Crippen LogP contribution in [0.15, 0.2) is 48.5 Å². The molecule has 0 bridgehead atoms. The first-order valence-electron chi connectivity index (χ1n) is 9.46. The fraction of sp³-hybridized carbons (Fsp3) is 0.333. The van der Waals surface area contributed by atoms with E-state index in [1.165, 1.54) is 29.2 Å². The van der Waals surface area contributed by atoms with Gasteiger partial charge in [-0.3, -0.25) is 14.5 Å². The molecule has 2 aromatic rings. The third-order valence-electron chi connectivity index (χ3n) is 4.91. The van der Waals surface area contributed by atoms with Crippen molar-refractivity contribution in [2.75, 3.05) is 44.3 Å². The van der Waals surface area contributed by atoms with Crippen LogP contribution in [0, 0.1) is 0 Å². The average molecular weight is 421 g/mol. The lowest BCUT2D eigenvalue weighted by Crippen LogP contribution is -2.44. The molecule has 1 saturated heterocycles. The van der Waals surface area contributed by atoms with E-state index in [-0.39, 0.29) is 17.8 Å². The summed E-state index contributed by atoms with van der Waals surface area (Å²) in [5, 5.41) is 0. The lowest BCUT2D eigenvalue weighted by molar-refractivity contribution is -0.137. The summed E-state index contributed by atoms with van der Waals surface area (Å²) in [5.74, 6) is -1.61. The number of hydrogen-bond acceptors (Lipinski definition) is 4. The van der Waals surface area contributed by atoms with E-state index in [0.29, 0.717) is 32.8 Å². The summed E-state index contributed by atoms with van der Waals surface area (Å²) in [7, 11) is 0. The minimum absolute atomic E-state index is 0.0670. The Labute approximate surface area is 172 Å². The normalized spacial score (nSPS) is 15.0. The molecule has 2 aromatic carbocycles. The second kappa shape index (κ2) is 9.27. The van der Waals surface area contributed by atoms with Crippen molar-refractivity contribution < 1.29 is 27.5 Å². The smallest absolute Gasteiger partial charge is 0.379 e. The quantitative estimate of drug-likeness (QED) is 0.778. The number of ether oxygens (including phenoxy) is 1. The van der Waals surface area contributed by atoms with Crippen LogP contribution in [0.25, 0.3) is 0 Å². The summed E-state index contributed by atoms with van der Waals surface area (Å²) in [6.07, 6.45) is -4.69. The zero-order chi connectivity index (χ0) is 21.7. The molecule has 9 heteroatoms. The van der Waals surface area contributed by atoms with Gasteiger partial charge in [0.15, 0.2) is 0 Å². The predicted molar refractivity (Wildman–Crippen MR) is 105 cm³/mol. The summed E-state index contributed by atoms with van der Waals surface area (Å²) in [5.41, 5.74) is 4.19. The van der Waals surface area contributed by atoms with E-state index in [1.54, 1.807) is 12.1 Å². The second-order valence-electron chi connectivity index (χ2n) is 6.84. The van der Waals surface area contributed by atoms with Gasteiger partial charge in [-0.15, -0.1) is 0 Å². The first-order chi connectivity index (χ1) is 14.3. The molecule has 1 aliphatic heterocycles. The van der Waals surface area contributed by atoms with Gasteiger partial charge in [0.2, 0.25) is 0 Å². The molecule has 0 aromatic heterocycles. The Hall–Kier alpha value is -2.91. The van der Waals surface area contributed by atoms with Crippen molar-refractivity contribution in [3.63, 3.8) is 0 Å². The number of benzene rings is 2. The molecular weight excluding hydrogens is 399 g/mol. The van der Waals surface area contributed by atoms with Crippen LogP contribution in [-0.4, -0.2) is 56.1 Å². The monoisotopic (exact) mass is 421 g/mol. The van der Waals surface area contributed by atoms with E-state index < -0.39 is 29.1 Å². The minimum atomic E-state index is -4.69. The number of morpholine rings is 1. The molecule has 0 radical (unpaired) electrons. The molecule has 2 amide bonds. The van der Waals surface area contributed by atoms with E-state index in [9.17, 15) is 22.8 Å². The molecule has 30 heavy (non-hydrogen) atoms. The summed E-state index contributed by atoms with van der Waals surface area (Å²) in [6, 6.07) is 10.8. The van der Waals surface area contributed by atoms with Crippen molar-refractivity contribution in [1.82, 2.24) is 4.90 Å². The van der Waals surface area contributed by atoms with Gasteiger partial charge in [0.25, 0.3) is 11.8 Å². The van der Waals surface area contributed by atoms with E-state index in [4.69, 9.17) is 10.5 Å². The number of alkyl halides is 3. The maximum atomic E-state index is 13.5. The Morgan fingerprint density at radius 2 is 1.60 bits per heavy atom.